The van der Waals surface area contributed by atoms with Gasteiger partial charge < -0.3 is 4.90 Å². The van der Waals surface area contributed by atoms with Gasteiger partial charge in [-0.3, -0.25) is 9.58 Å². The van der Waals surface area contributed by atoms with Crippen molar-refractivity contribution in [3.63, 3.8) is 0 Å². The number of rotatable bonds is 5. The Morgan fingerprint density at radius 2 is 1.89 bits per heavy atom. The number of hydrazine groups is 1. The van der Waals surface area contributed by atoms with Crippen molar-refractivity contribution in [3.05, 3.63) is 41.9 Å². The zero-order valence-corrected chi connectivity index (χ0v) is 16.8. The minimum Gasteiger partial charge on any atom is -0.308 e. The van der Waals surface area contributed by atoms with Crippen LogP contribution in [0.4, 0.5) is 5.82 Å². The zero-order chi connectivity index (χ0) is 19.1. The number of para-hydroxylation sites is 1. The first-order valence-corrected chi connectivity index (χ1v) is 9.64. The van der Waals surface area contributed by atoms with Crippen molar-refractivity contribution in [2.45, 2.75) is 13.8 Å². The molecule has 3 heterocycles. The molecule has 0 atom stereocenters. The molecule has 3 aromatic heterocycles. The van der Waals surface area contributed by atoms with Crippen LogP contribution in [0.2, 0.25) is 0 Å². The molecule has 4 aromatic rings. The second-order valence-corrected chi connectivity index (χ2v) is 7.91. The Morgan fingerprint density at radius 1 is 1.11 bits per heavy atom. The highest BCUT2D eigenvalue weighted by Gasteiger charge is 2.21. The molecule has 0 radical (unpaired) electrons. The van der Waals surface area contributed by atoms with Gasteiger partial charge in [0.15, 0.2) is 16.6 Å². The van der Waals surface area contributed by atoms with Gasteiger partial charge in [0, 0.05) is 18.8 Å². The number of nitrogens with zero attached hydrogens (tertiary/aromatic N) is 6. The molecule has 1 aromatic carbocycles. The maximum atomic E-state index is 6.33. The van der Waals surface area contributed by atoms with E-state index in [0.29, 0.717) is 6.54 Å². The molecule has 0 unspecified atom stereocenters. The minimum atomic E-state index is 0.684. The second kappa shape index (κ2) is 6.88. The highest BCUT2D eigenvalue weighted by Crippen LogP contribution is 2.34. The number of aryl methyl sites for hydroxylation is 1. The molecule has 0 aliphatic heterocycles. The van der Waals surface area contributed by atoms with Crippen LogP contribution in [-0.4, -0.2) is 51.6 Å². The number of nitrogens with two attached hydrogens (primary N) is 1. The number of hydrogen-bond donors (Lipinski definition) is 1. The van der Waals surface area contributed by atoms with Gasteiger partial charge >= 0.3 is 0 Å². The van der Waals surface area contributed by atoms with Crippen molar-refractivity contribution in [3.8, 4) is 5.13 Å². The van der Waals surface area contributed by atoms with Crippen LogP contribution in [-0.2, 0) is 0 Å². The van der Waals surface area contributed by atoms with Crippen molar-refractivity contribution >= 4 is 38.4 Å². The number of anilines is 1. The molecular formula is C19H23N7S. The lowest BCUT2D eigenvalue weighted by Crippen LogP contribution is -2.37. The molecule has 0 aliphatic rings. The average molecular weight is 382 g/mol. The summed E-state index contributed by atoms with van der Waals surface area (Å²) in [5, 5.41) is 3.60. The van der Waals surface area contributed by atoms with Crippen molar-refractivity contribution in [1.82, 2.24) is 24.4 Å². The maximum absolute atomic E-state index is 6.33. The van der Waals surface area contributed by atoms with E-state index in [0.717, 1.165) is 50.0 Å². The molecule has 0 fully saturated rings. The highest BCUT2D eigenvalue weighted by atomic mass is 32.1. The first-order chi connectivity index (χ1) is 13.0. The van der Waals surface area contributed by atoms with Crippen LogP contribution < -0.4 is 10.9 Å². The van der Waals surface area contributed by atoms with Gasteiger partial charge in [0.2, 0.25) is 0 Å². The van der Waals surface area contributed by atoms with Crippen LogP contribution in [0.25, 0.3) is 26.4 Å². The van der Waals surface area contributed by atoms with Gasteiger partial charge in [-0.15, -0.1) is 0 Å². The standard InChI is InChI=1S/C19H23N7S/c1-12-13(2)26(19-23-14-7-5-6-8-15(14)27-19)18-16(12)17(21-11-22-18)25(20)10-9-24(3)4/h5-8,11H,9-10,20H2,1-4H3. The summed E-state index contributed by atoms with van der Waals surface area (Å²) in [5.74, 6) is 7.08. The fourth-order valence-electron chi connectivity index (χ4n) is 3.20. The molecule has 2 N–H and O–H groups in total. The Kier molecular flexibility index (Phi) is 4.55. The van der Waals surface area contributed by atoms with Crippen LogP contribution >= 0.6 is 11.3 Å². The Bertz CT molecular complexity index is 1080. The summed E-state index contributed by atoms with van der Waals surface area (Å²) < 4.78 is 3.27. The molecule has 0 saturated heterocycles. The molecule has 27 heavy (non-hydrogen) atoms. The van der Waals surface area contributed by atoms with Crippen molar-refractivity contribution in [2.75, 3.05) is 32.2 Å². The average Bonchev–Trinajstić information content (AvgIpc) is 3.18. The van der Waals surface area contributed by atoms with Crippen LogP contribution in [0.15, 0.2) is 30.6 Å². The lowest BCUT2D eigenvalue weighted by atomic mass is 10.2. The van der Waals surface area contributed by atoms with E-state index in [1.165, 1.54) is 0 Å². The molecule has 4 rings (SSSR count). The van der Waals surface area contributed by atoms with Gasteiger partial charge in [0.1, 0.15) is 6.33 Å². The van der Waals surface area contributed by atoms with Crippen LogP contribution in [0.5, 0.6) is 0 Å². The minimum absolute atomic E-state index is 0.684. The molecule has 8 heteroatoms. The zero-order valence-electron chi connectivity index (χ0n) is 16.0. The van der Waals surface area contributed by atoms with E-state index >= 15 is 0 Å². The Labute approximate surface area is 162 Å². The summed E-state index contributed by atoms with van der Waals surface area (Å²) in [6, 6.07) is 8.17. The van der Waals surface area contributed by atoms with Gasteiger partial charge in [-0.05, 0) is 45.6 Å². The first-order valence-electron chi connectivity index (χ1n) is 8.83. The number of likely N-dealkylation sites (N-methyl/N-ethyl adjacent to an activating group) is 1. The SMILES string of the molecule is Cc1c(C)n(-c2nc3ccccc3s2)c2ncnc(N(N)CCN(C)C)c12. The van der Waals surface area contributed by atoms with E-state index in [4.69, 9.17) is 10.8 Å². The van der Waals surface area contributed by atoms with Gasteiger partial charge in [-0.1, -0.05) is 23.5 Å². The van der Waals surface area contributed by atoms with E-state index in [2.05, 4.69) is 39.3 Å². The van der Waals surface area contributed by atoms with Gasteiger partial charge in [-0.2, -0.15) is 0 Å². The predicted molar refractivity (Wildman–Crippen MR) is 112 cm³/mol. The Balaban J connectivity index is 1.88. The quantitative estimate of drug-likeness (QED) is 0.423. The molecule has 0 saturated carbocycles. The van der Waals surface area contributed by atoms with E-state index in [1.54, 1.807) is 22.7 Å². The molecule has 7 nitrogen and oxygen atoms in total. The highest BCUT2D eigenvalue weighted by molar-refractivity contribution is 7.20. The molecular weight excluding hydrogens is 358 g/mol. The largest absolute Gasteiger partial charge is 0.308 e. The maximum Gasteiger partial charge on any atom is 0.196 e. The summed E-state index contributed by atoms with van der Waals surface area (Å²) in [4.78, 5) is 16.0. The smallest absolute Gasteiger partial charge is 0.196 e. The van der Waals surface area contributed by atoms with Gasteiger partial charge in [0.25, 0.3) is 0 Å². The van der Waals surface area contributed by atoms with Crippen LogP contribution in [0, 0.1) is 13.8 Å². The molecule has 0 aliphatic carbocycles. The van der Waals surface area contributed by atoms with E-state index < -0.39 is 0 Å². The number of aromatic nitrogens is 4. The molecule has 140 valence electrons. The third kappa shape index (κ3) is 3.05. The summed E-state index contributed by atoms with van der Waals surface area (Å²) >= 11 is 1.66. The van der Waals surface area contributed by atoms with Crippen LogP contribution in [0.3, 0.4) is 0 Å². The van der Waals surface area contributed by atoms with Crippen molar-refractivity contribution in [2.24, 2.45) is 5.84 Å². The predicted octanol–water partition coefficient (Wildman–Crippen LogP) is 2.89. The third-order valence-electron chi connectivity index (χ3n) is 4.81. The lowest BCUT2D eigenvalue weighted by molar-refractivity contribution is 0.413. The summed E-state index contributed by atoms with van der Waals surface area (Å²) in [6.45, 7) is 5.71. The Morgan fingerprint density at radius 3 is 2.63 bits per heavy atom. The van der Waals surface area contributed by atoms with Crippen LogP contribution in [0.1, 0.15) is 11.3 Å². The topological polar surface area (TPSA) is 76.1 Å². The molecule has 0 amide bonds. The normalized spacial score (nSPS) is 11.8. The monoisotopic (exact) mass is 381 g/mol. The summed E-state index contributed by atoms with van der Waals surface area (Å²) in [6.07, 6.45) is 1.58. The van der Waals surface area contributed by atoms with E-state index in [9.17, 15) is 0 Å². The number of thiazole rings is 1. The summed E-state index contributed by atoms with van der Waals surface area (Å²) in [5.41, 5.74) is 4.07. The molecule has 0 spiro atoms. The van der Waals surface area contributed by atoms with Gasteiger partial charge in [-0.25, -0.2) is 20.8 Å². The lowest BCUT2D eigenvalue weighted by Gasteiger charge is -2.20. The summed E-state index contributed by atoms with van der Waals surface area (Å²) in [7, 11) is 4.06. The van der Waals surface area contributed by atoms with E-state index in [-0.39, 0.29) is 0 Å². The Hall–Kier alpha value is -2.55. The second-order valence-electron chi connectivity index (χ2n) is 6.90. The fraction of sp³-hybridized carbons (Fsp3) is 0.316. The van der Waals surface area contributed by atoms with E-state index in [1.807, 2.05) is 32.3 Å². The third-order valence-corrected chi connectivity index (χ3v) is 5.83. The molecule has 0 bridgehead atoms. The number of benzene rings is 1. The fourth-order valence-corrected chi connectivity index (χ4v) is 4.22. The van der Waals surface area contributed by atoms with Crippen molar-refractivity contribution < 1.29 is 0 Å². The number of fused-ring (bicyclic) bond motifs is 2. The van der Waals surface area contributed by atoms with Gasteiger partial charge in [0.05, 0.1) is 15.6 Å². The van der Waals surface area contributed by atoms with Crippen molar-refractivity contribution in [1.29, 1.82) is 0 Å². The number of hydrogen-bond acceptors (Lipinski definition) is 7. The first kappa shape index (κ1) is 17.8.